The van der Waals surface area contributed by atoms with Gasteiger partial charge in [0.25, 0.3) is 5.91 Å². The Morgan fingerprint density at radius 1 is 1.00 bits per heavy atom. The van der Waals surface area contributed by atoms with Crippen molar-refractivity contribution in [3.8, 4) is 5.75 Å². The second-order valence-electron chi connectivity index (χ2n) is 13.1. The number of ether oxygens (including phenoxy) is 3. The van der Waals surface area contributed by atoms with Crippen LogP contribution in [-0.4, -0.2) is 84.1 Å². The van der Waals surface area contributed by atoms with Crippen LogP contribution in [0.4, 0.5) is 19.7 Å². The maximum absolute atomic E-state index is 15.6. The summed E-state index contributed by atoms with van der Waals surface area (Å²) in [6.45, 7) is 10.6. The zero-order valence-corrected chi connectivity index (χ0v) is 27.3. The molecule has 0 unspecified atom stereocenters. The van der Waals surface area contributed by atoms with E-state index in [1.807, 2.05) is 0 Å². The number of nitrogens with zero attached hydrogens (tertiary/aromatic N) is 3. The number of rotatable bonds is 4. The van der Waals surface area contributed by atoms with Gasteiger partial charge in [-0.3, -0.25) is 9.79 Å². The molecule has 0 saturated carbocycles. The van der Waals surface area contributed by atoms with Gasteiger partial charge in [0.05, 0.1) is 19.1 Å². The SMILES string of the molecule is COc1ccc(C(=O)Nc2ccc(F)c([C@]3(C)CS(=O)(=O)C4(CNC4)C(N(C(=O)OC(C)(C)C)C(=O)OC(C)(C)C)=N3)c2)nc1. The summed E-state index contributed by atoms with van der Waals surface area (Å²) in [6.07, 6.45) is -1.04. The fourth-order valence-corrected chi connectivity index (χ4v) is 7.14. The lowest BCUT2D eigenvalue weighted by atomic mass is 9.91. The number of anilines is 1. The third kappa shape index (κ3) is 6.93. The molecule has 45 heavy (non-hydrogen) atoms. The Kier molecular flexibility index (Phi) is 8.76. The average Bonchev–Trinajstić information content (AvgIpc) is 2.86. The predicted molar refractivity (Wildman–Crippen MR) is 164 cm³/mol. The highest BCUT2D eigenvalue weighted by Gasteiger charge is 2.62. The fraction of sp³-hybridized carbons (Fsp3) is 0.500. The van der Waals surface area contributed by atoms with Crippen LogP contribution in [0.1, 0.15) is 64.5 Å². The minimum atomic E-state index is -4.22. The van der Waals surface area contributed by atoms with Crippen LogP contribution in [0.3, 0.4) is 0 Å². The molecule has 244 valence electrons. The molecule has 1 fully saturated rings. The van der Waals surface area contributed by atoms with Gasteiger partial charge in [-0.25, -0.2) is 27.4 Å². The van der Waals surface area contributed by atoms with Crippen LogP contribution >= 0.6 is 0 Å². The number of aliphatic imine (C=N–C) groups is 1. The maximum Gasteiger partial charge on any atom is 0.425 e. The van der Waals surface area contributed by atoms with Crippen LogP contribution in [0.15, 0.2) is 41.5 Å². The van der Waals surface area contributed by atoms with E-state index in [9.17, 15) is 22.8 Å². The Bertz CT molecular complexity index is 1620. The number of sulfone groups is 1. The van der Waals surface area contributed by atoms with Crippen LogP contribution in [0.25, 0.3) is 0 Å². The number of hydrogen-bond acceptors (Lipinski definition) is 11. The lowest BCUT2D eigenvalue weighted by Crippen LogP contribution is -2.75. The summed E-state index contributed by atoms with van der Waals surface area (Å²) in [6, 6.07) is 6.62. The van der Waals surface area contributed by atoms with Gasteiger partial charge in [0.15, 0.2) is 14.6 Å². The molecule has 3 heterocycles. The molecule has 0 bridgehead atoms. The Morgan fingerprint density at radius 2 is 1.60 bits per heavy atom. The van der Waals surface area contributed by atoms with Crippen LogP contribution in [0, 0.1) is 5.82 Å². The monoisotopic (exact) mass is 647 g/mol. The first-order valence-electron chi connectivity index (χ1n) is 14.1. The molecule has 0 radical (unpaired) electrons. The Balaban J connectivity index is 1.84. The molecular weight excluding hydrogens is 609 g/mol. The number of halogens is 1. The summed E-state index contributed by atoms with van der Waals surface area (Å²) in [5.74, 6) is -2.09. The average molecular weight is 648 g/mol. The van der Waals surface area contributed by atoms with E-state index < -0.39 is 66.8 Å². The van der Waals surface area contributed by atoms with Gasteiger partial charge >= 0.3 is 12.2 Å². The van der Waals surface area contributed by atoms with Crippen molar-refractivity contribution in [1.82, 2.24) is 15.2 Å². The number of imide groups is 1. The number of carbonyl (C=O) groups is 3. The number of nitrogens with one attached hydrogen (secondary N) is 2. The van der Waals surface area contributed by atoms with Gasteiger partial charge in [-0.05, 0) is 78.8 Å². The molecule has 15 heteroatoms. The molecule has 1 atom stereocenters. The standard InChI is InChI=1S/C30H38FN5O8S/c1-27(2,3)43-25(38)36(26(39)44-28(4,5)6)24-30(15-32-16-30)45(40,41)17-29(7,35-24)20-13-18(9-11-21(20)31)34-23(37)22-12-10-19(42-8)14-33-22/h9-14,32H,15-17H2,1-8H3,(H,34,37)/t29-/m0/s1. The maximum atomic E-state index is 15.6. The molecule has 2 aliphatic heterocycles. The summed E-state index contributed by atoms with van der Waals surface area (Å²) in [7, 11) is -2.76. The highest BCUT2D eigenvalue weighted by atomic mass is 32.2. The molecule has 3 amide bonds. The number of aromatic nitrogens is 1. The van der Waals surface area contributed by atoms with Gasteiger partial charge in [0, 0.05) is 24.3 Å². The van der Waals surface area contributed by atoms with E-state index in [2.05, 4.69) is 20.6 Å². The van der Waals surface area contributed by atoms with E-state index in [-0.39, 0.29) is 30.0 Å². The normalized spacial score (nSPS) is 20.3. The summed E-state index contributed by atoms with van der Waals surface area (Å²) >= 11 is 0. The van der Waals surface area contributed by atoms with Gasteiger partial charge in [-0.1, -0.05) is 0 Å². The van der Waals surface area contributed by atoms with Crippen molar-refractivity contribution in [2.75, 3.05) is 31.3 Å². The van der Waals surface area contributed by atoms with Crippen molar-refractivity contribution in [1.29, 1.82) is 0 Å². The van der Waals surface area contributed by atoms with Gasteiger partial charge in [-0.15, -0.1) is 0 Å². The first-order chi connectivity index (χ1) is 20.7. The molecule has 1 aromatic carbocycles. The van der Waals surface area contributed by atoms with Crippen molar-refractivity contribution >= 4 is 39.5 Å². The Labute approximate surface area is 261 Å². The van der Waals surface area contributed by atoms with Crippen molar-refractivity contribution in [2.45, 2.75) is 70.0 Å². The molecule has 13 nitrogen and oxygen atoms in total. The molecule has 2 N–H and O–H groups in total. The van der Waals surface area contributed by atoms with E-state index in [1.54, 1.807) is 47.6 Å². The summed E-state index contributed by atoms with van der Waals surface area (Å²) in [4.78, 5) is 49.2. The number of hydrogen-bond donors (Lipinski definition) is 2. The number of amides is 3. The number of pyridine rings is 1. The van der Waals surface area contributed by atoms with E-state index in [1.165, 1.54) is 38.4 Å². The van der Waals surface area contributed by atoms with Crippen LogP contribution in [-0.2, 0) is 24.8 Å². The molecule has 0 aliphatic carbocycles. The van der Waals surface area contributed by atoms with Crippen LogP contribution in [0.2, 0.25) is 0 Å². The quantitative estimate of drug-likeness (QED) is 0.495. The predicted octanol–water partition coefficient (Wildman–Crippen LogP) is 4.04. The highest BCUT2D eigenvalue weighted by molar-refractivity contribution is 7.93. The van der Waals surface area contributed by atoms with E-state index in [0.29, 0.717) is 10.6 Å². The number of methoxy groups -OCH3 is 1. The lowest BCUT2D eigenvalue weighted by Gasteiger charge is -2.49. The fourth-order valence-electron chi connectivity index (χ4n) is 4.85. The molecule has 2 aromatic rings. The van der Waals surface area contributed by atoms with Crippen LogP contribution in [0.5, 0.6) is 5.75 Å². The smallest absolute Gasteiger partial charge is 0.425 e. The topological polar surface area (TPSA) is 166 Å². The van der Waals surface area contributed by atoms with Crippen molar-refractivity contribution in [3.05, 3.63) is 53.6 Å². The van der Waals surface area contributed by atoms with Crippen LogP contribution < -0.4 is 15.4 Å². The molecule has 1 aromatic heterocycles. The third-order valence-corrected chi connectivity index (χ3v) is 9.62. The van der Waals surface area contributed by atoms with Gasteiger partial charge < -0.3 is 24.8 Å². The third-order valence-electron chi connectivity index (χ3n) is 7.02. The second-order valence-corrected chi connectivity index (χ2v) is 15.4. The molecule has 1 spiro atoms. The minimum Gasteiger partial charge on any atom is -0.495 e. The zero-order chi connectivity index (χ0) is 33.6. The van der Waals surface area contributed by atoms with Crippen molar-refractivity contribution in [2.24, 2.45) is 4.99 Å². The number of amidine groups is 1. The van der Waals surface area contributed by atoms with E-state index in [4.69, 9.17) is 14.2 Å². The first-order valence-corrected chi connectivity index (χ1v) is 15.8. The first kappa shape index (κ1) is 33.8. The second kappa shape index (κ2) is 11.7. The lowest BCUT2D eigenvalue weighted by molar-refractivity contribution is 0.0135. The Hall–Kier alpha value is -4.11. The van der Waals surface area contributed by atoms with E-state index in [0.717, 1.165) is 6.07 Å². The Morgan fingerprint density at radius 3 is 2.07 bits per heavy atom. The highest BCUT2D eigenvalue weighted by Crippen LogP contribution is 2.42. The van der Waals surface area contributed by atoms with Gasteiger partial charge in [0.1, 0.15) is 39.8 Å². The van der Waals surface area contributed by atoms with Gasteiger partial charge in [-0.2, -0.15) is 4.90 Å². The summed E-state index contributed by atoms with van der Waals surface area (Å²) in [5.41, 5.74) is -4.00. The van der Waals surface area contributed by atoms with Crippen molar-refractivity contribution in [3.63, 3.8) is 0 Å². The summed E-state index contributed by atoms with van der Waals surface area (Å²) < 4.78 is 57.9. The number of benzene rings is 1. The molecule has 4 rings (SSSR count). The summed E-state index contributed by atoms with van der Waals surface area (Å²) in [5, 5.41) is 5.52. The molecule has 1 saturated heterocycles. The molecule has 2 aliphatic rings. The van der Waals surface area contributed by atoms with E-state index >= 15 is 4.39 Å². The van der Waals surface area contributed by atoms with Gasteiger partial charge in [0.2, 0.25) is 0 Å². The number of carbonyl (C=O) groups excluding carboxylic acids is 3. The largest absolute Gasteiger partial charge is 0.495 e. The minimum absolute atomic E-state index is 0.0539. The zero-order valence-electron chi connectivity index (χ0n) is 26.5. The molecular formula is C30H38FN5O8S. The van der Waals surface area contributed by atoms with Crippen molar-refractivity contribution < 1.29 is 41.4 Å².